The average Bonchev–Trinajstić information content (AvgIpc) is 2.92. The van der Waals surface area contributed by atoms with Crippen molar-refractivity contribution in [1.82, 2.24) is 20.2 Å². The number of amides is 1. The number of nitrogens with one attached hydrogen (secondary N) is 1. The first-order valence-electron chi connectivity index (χ1n) is 13.0. The van der Waals surface area contributed by atoms with Gasteiger partial charge in [-0.05, 0) is 68.8 Å². The number of carbonyl (C=O) groups excluding carboxylic acids is 1. The van der Waals surface area contributed by atoms with Gasteiger partial charge in [-0.1, -0.05) is 24.3 Å². The zero-order valence-corrected chi connectivity index (χ0v) is 20.8. The van der Waals surface area contributed by atoms with Gasteiger partial charge in [-0.2, -0.15) is 13.2 Å². The second-order valence-electron chi connectivity index (χ2n) is 10.1. The van der Waals surface area contributed by atoms with E-state index < -0.39 is 11.9 Å². The van der Waals surface area contributed by atoms with E-state index in [-0.39, 0.29) is 11.9 Å². The number of halogens is 3. The van der Waals surface area contributed by atoms with Crippen LogP contribution in [0.5, 0.6) is 0 Å². The minimum absolute atomic E-state index is 0.0322. The molecule has 1 saturated heterocycles. The number of rotatable bonds is 6. The van der Waals surface area contributed by atoms with Crippen LogP contribution >= 0.6 is 0 Å². The Kier molecular flexibility index (Phi) is 7.60. The van der Waals surface area contributed by atoms with Gasteiger partial charge >= 0.3 is 6.18 Å². The second kappa shape index (κ2) is 11.0. The van der Waals surface area contributed by atoms with E-state index in [0.717, 1.165) is 68.7 Å². The SMILES string of the molecule is O=C(N[C@H]1CC[C@H](CCN2CCN(c3cccc(C(F)(F)F)n3)CC2)CC1)c1ccnc2ccccc12. The summed E-state index contributed by atoms with van der Waals surface area (Å²) in [5.41, 5.74) is 0.659. The molecule has 0 spiro atoms. The Bertz CT molecular complexity index is 1210. The van der Waals surface area contributed by atoms with Crippen molar-refractivity contribution in [2.75, 3.05) is 37.6 Å². The van der Waals surface area contributed by atoms with E-state index >= 15 is 0 Å². The van der Waals surface area contributed by atoms with Crippen LogP contribution in [0.4, 0.5) is 19.0 Å². The van der Waals surface area contributed by atoms with Crippen molar-refractivity contribution in [2.45, 2.75) is 44.3 Å². The van der Waals surface area contributed by atoms with Crippen molar-refractivity contribution in [3.8, 4) is 0 Å². The van der Waals surface area contributed by atoms with Crippen molar-refractivity contribution in [1.29, 1.82) is 0 Å². The van der Waals surface area contributed by atoms with Crippen LogP contribution in [0.1, 0.15) is 48.2 Å². The number of hydrogen-bond acceptors (Lipinski definition) is 5. The summed E-state index contributed by atoms with van der Waals surface area (Å²) in [6.45, 7) is 3.99. The molecule has 3 aromatic rings. The number of benzene rings is 1. The molecule has 5 rings (SSSR count). The number of carbonyl (C=O) groups is 1. The molecule has 1 aromatic carbocycles. The summed E-state index contributed by atoms with van der Waals surface area (Å²) in [5.74, 6) is 1.00. The fraction of sp³-hybridized carbons (Fsp3) is 0.464. The van der Waals surface area contributed by atoms with Gasteiger partial charge < -0.3 is 10.2 Å². The molecule has 1 N–H and O–H groups in total. The lowest BCUT2D eigenvalue weighted by molar-refractivity contribution is -0.141. The first-order valence-corrected chi connectivity index (χ1v) is 13.0. The maximum Gasteiger partial charge on any atom is 0.433 e. The molecule has 0 radical (unpaired) electrons. The van der Waals surface area contributed by atoms with Gasteiger partial charge in [0.25, 0.3) is 5.91 Å². The van der Waals surface area contributed by atoms with E-state index in [1.165, 1.54) is 6.07 Å². The number of anilines is 1. The molecule has 1 aliphatic carbocycles. The number of pyridine rings is 2. The van der Waals surface area contributed by atoms with E-state index in [0.29, 0.717) is 30.4 Å². The summed E-state index contributed by atoms with van der Waals surface area (Å²) in [6, 6.07) is 13.8. The predicted molar refractivity (Wildman–Crippen MR) is 137 cm³/mol. The third kappa shape index (κ3) is 6.21. The molecule has 1 saturated carbocycles. The maximum atomic E-state index is 13.0. The summed E-state index contributed by atoms with van der Waals surface area (Å²) >= 11 is 0. The number of piperazine rings is 1. The topological polar surface area (TPSA) is 61.4 Å². The Balaban J connectivity index is 1.04. The molecular weight excluding hydrogens is 479 g/mol. The highest BCUT2D eigenvalue weighted by molar-refractivity contribution is 6.06. The Labute approximate surface area is 214 Å². The van der Waals surface area contributed by atoms with Crippen LogP contribution in [0.15, 0.2) is 54.7 Å². The molecule has 0 unspecified atom stereocenters. The van der Waals surface area contributed by atoms with Gasteiger partial charge in [-0.3, -0.25) is 14.7 Å². The fourth-order valence-electron chi connectivity index (χ4n) is 5.48. The molecule has 1 aliphatic heterocycles. The fourth-order valence-corrected chi connectivity index (χ4v) is 5.48. The van der Waals surface area contributed by atoms with Crippen molar-refractivity contribution in [3.63, 3.8) is 0 Å². The van der Waals surface area contributed by atoms with Gasteiger partial charge in [0.2, 0.25) is 0 Å². The minimum Gasteiger partial charge on any atom is -0.354 e. The van der Waals surface area contributed by atoms with E-state index in [2.05, 4.69) is 20.2 Å². The quantitative estimate of drug-likeness (QED) is 0.496. The molecule has 1 amide bonds. The molecular formula is C28H32F3N5O. The zero-order chi connectivity index (χ0) is 25.8. The highest BCUT2D eigenvalue weighted by Gasteiger charge is 2.33. The second-order valence-corrected chi connectivity index (χ2v) is 10.1. The van der Waals surface area contributed by atoms with Crippen LogP contribution in [0, 0.1) is 5.92 Å². The Hall–Kier alpha value is -3.20. The summed E-state index contributed by atoms with van der Waals surface area (Å²) < 4.78 is 38.9. The lowest BCUT2D eigenvalue weighted by Gasteiger charge is -2.37. The van der Waals surface area contributed by atoms with E-state index in [9.17, 15) is 18.0 Å². The lowest BCUT2D eigenvalue weighted by Crippen LogP contribution is -2.47. The van der Waals surface area contributed by atoms with Gasteiger partial charge in [-0.15, -0.1) is 0 Å². The van der Waals surface area contributed by atoms with Crippen molar-refractivity contribution in [3.05, 3.63) is 66.0 Å². The van der Waals surface area contributed by atoms with Crippen LogP contribution in [-0.2, 0) is 6.18 Å². The maximum absolute atomic E-state index is 13.0. The van der Waals surface area contributed by atoms with E-state index in [1.807, 2.05) is 29.2 Å². The zero-order valence-electron chi connectivity index (χ0n) is 20.8. The molecule has 2 aliphatic rings. The summed E-state index contributed by atoms with van der Waals surface area (Å²) in [5, 5.41) is 4.10. The monoisotopic (exact) mass is 511 g/mol. The van der Waals surface area contributed by atoms with Gasteiger partial charge in [0.05, 0.1) is 11.1 Å². The van der Waals surface area contributed by atoms with Gasteiger partial charge in [-0.25, -0.2) is 4.98 Å². The minimum atomic E-state index is -4.42. The molecule has 0 atom stereocenters. The largest absolute Gasteiger partial charge is 0.433 e. The lowest BCUT2D eigenvalue weighted by atomic mass is 9.84. The first kappa shape index (κ1) is 25.4. The third-order valence-electron chi connectivity index (χ3n) is 7.65. The highest BCUT2D eigenvalue weighted by Crippen LogP contribution is 2.30. The summed E-state index contributed by atoms with van der Waals surface area (Å²) in [7, 11) is 0. The summed E-state index contributed by atoms with van der Waals surface area (Å²) in [4.78, 5) is 25.4. The smallest absolute Gasteiger partial charge is 0.354 e. The Morgan fingerprint density at radius 3 is 2.46 bits per heavy atom. The number of aromatic nitrogens is 2. The van der Waals surface area contributed by atoms with Gasteiger partial charge in [0.15, 0.2) is 0 Å². The number of para-hydroxylation sites is 1. The van der Waals surface area contributed by atoms with Gasteiger partial charge in [0, 0.05) is 43.8 Å². The summed E-state index contributed by atoms with van der Waals surface area (Å²) in [6.07, 6.45) is 2.52. The van der Waals surface area contributed by atoms with Crippen LogP contribution in [0.2, 0.25) is 0 Å². The molecule has 9 heteroatoms. The molecule has 37 heavy (non-hydrogen) atoms. The van der Waals surface area contributed by atoms with E-state index in [1.54, 1.807) is 18.3 Å². The number of nitrogens with zero attached hydrogens (tertiary/aromatic N) is 4. The number of hydrogen-bond donors (Lipinski definition) is 1. The van der Waals surface area contributed by atoms with Crippen LogP contribution in [0.25, 0.3) is 10.9 Å². The van der Waals surface area contributed by atoms with E-state index in [4.69, 9.17) is 0 Å². The Morgan fingerprint density at radius 1 is 0.946 bits per heavy atom. The normalized spacial score (nSPS) is 21.2. The molecule has 3 heterocycles. The average molecular weight is 512 g/mol. The van der Waals surface area contributed by atoms with Crippen molar-refractivity contribution in [2.24, 2.45) is 5.92 Å². The number of alkyl halides is 3. The van der Waals surface area contributed by atoms with Crippen molar-refractivity contribution < 1.29 is 18.0 Å². The highest BCUT2D eigenvalue weighted by atomic mass is 19.4. The molecule has 6 nitrogen and oxygen atoms in total. The Morgan fingerprint density at radius 2 is 1.70 bits per heavy atom. The van der Waals surface area contributed by atoms with Crippen LogP contribution in [-0.4, -0.2) is 59.5 Å². The van der Waals surface area contributed by atoms with Gasteiger partial charge in [0.1, 0.15) is 11.5 Å². The van der Waals surface area contributed by atoms with Crippen molar-refractivity contribution >= 4 is 22.6 Å². The van der Waals surface area contributed by atoms with Crippen LogP contribution in [0.3, 0.4) is 0 Å². The molecule has 196 valence electrons. The molecule has 2 fully saturated rings. The third-order valence-corrected chi connectivity index (χ3v) is 7.65. The van der Waals surface area contributed by atoms with Crippen LogP contribution < -0.4 is 10.2 Å². The first-order chi connectivity index (χ1) is 17.9. The molecule has 0 bridgehead atoms. The molecule has 2 aromatic heterocycles. The standard InChI is InChI=1S/C28H32F3N5O/c29-28(30,31)25-6-3-7-26(34-25)36-18-16-35(17-19-36)15-13-20-8-10-21(11-9-20)33-27(37)23-12-14-32-24-5-2-1-4-22(23)24/h1-7,12,14,20-21H,8-11,13,15-19H2,(H,33,37)/t20-,21-. The predicted octanol–water partition coefficient (Wildman–Crippen LogP) is 5.15. The number of fused-ring (bicyclic) bond motifs is 1.